The Hall–Kier alpha value is -1.46. The third kappa shape index (κ3) is 3.51. The molecule has 0 aromatic heterocycles. The Morgan fingerprint density at radius 3 is 2.78 bits per heavy atom. The van der Waals surface area contributed by atoms with Crippen molar-refractivity contribution in [2.24, 2.45) is 0 Å². The van der Waals surface area contributed by atoms with Crippen molar-refractivity contribution in [2.75, 3.05) is 37.9 Å². The number of carboxylic acids is 1. The topological polar surface area (TPSA) is 75.8 Å². The lowest BCUT2D eigenvalue weighted by Gasteiger charge is -2.22. The number of nitrogens with zero attached hydrogens (tertiary/aromatic N) is 1. The summed E-state index contributed by atoms with van der Waals surface area (Å²) < 4.78 is 4.96. The fourth-order valence-electron chi connectivity index (χ4n) is 1.73. The number of methoxy groups -OCH3 is 1. The second kappa shape index (κ2) is 6.47. The first-order chi connectivity index (χ1) is 8.47. The minimum atomic E-state index is -1.04. The number of ether oxygens (including phenoxy) is 1. The number of nitrogens with two attached hydrogens (primary N) is 1. The summed E-state index contributed by atoms with van der Waals surface area (Å²) in [4.78, 5) is 13.0. The molecule has 100 valence electrons. The molecule has 0 atom stereocenters. The molecule has 0 unspecified atom stereocenters. The van der Waals surface area contributed by atoms with E-state index in [1.54, 1.807) is 25.1 Å². The number of carboxylic acid groups (broad SMARTS) is 1. The number of anilines is 2. The second-order valence-corrected chi connectivity index (χ2v) is 4.38. The van der Waals surface area contributed by atoms with Crippen molar-refractivity contribution >= 4 is 28.9 Å². The first-order valence-electron chi connectivity index (χ1n) is 5.49. The van der Waals surface area contributed by atoms with Gasteiger partial charge < -0.3 is 20.5 Å². The molecular formula is C12H17ClN2O3. The van der Waals surface area contributed by atoms with E-state index in [1.807, 2.05) is 0 Å². The molecule has 0 saturated heterocycles. The van der Waals surface area contributed by atoms with Crippen LogP contribution >= 0.6 is 11.6 Å². The molecule has 0 saturated carbocycles. The van der Waals surface area contributed by atoms with E-state index in [1.165, 1.54) is 6.07 Å². The highest BCUT2D eigenvalue weighted by Gasteiger charge is 2.17. The van der Waals surface area contributed by atoms with Crippen molar-refractivity contribution in [3.05, 3.63) is 22.7 Å². The number of hydrogen-bond donors (Lipinski definition) is 2. The van der Waals surface area contributed by atoms with Crippen molar-refractivity contribution in [2.45, 2.75) is 6.42 Å². The van der Waals surface area contributed by atoms with Crippen LogP contribution in [-0.4, -0.2) is 38.4 Å². The smallest absolute Gasteiger partial charge is 0.337 e. The van der Waals surface area contributed by atoms with Gasteiger partial charge in [-0.1, -0.05) is 11.6 Å². The third-order valence-electron chi connectivity index (χ3n) is 2.54. The standard InChI is InChI=1S/C12H17ClN2O3/c1-15(4-3-5-18-2)11-9(12(16)17)6-8(14)7-10(11)13/h6-7H,3-5,14H2,1-2H3,(H,16,17). The number of halogens is 1. The summed E-state index contributed by atoms with van der Waals surface area (Å²) in [6, 6.07) is 2.96. The molecule has 0 radical (unpaired) electrons. The Kier molecular flexibility index (Phi) is 5.25. The zero-order chi connectivity index (χ0) is 13.7. The maximum atomic E-state index is 11.2. The van der Waals surface area contributed by atoms with Gasteiger partial charge in [-0.15, -0.1) is 0 Å². The third-order valence-corrected chi connectivity index (χ3v) is 2.83. The van der Waals surface area contributed by atoms with Gasteiger partial charge in [0, 0.05) is 33.0 Å². The van der Waals surface area contributed by atoms with E-state index in [4.69, 9.17) is 27.2 Å². The van der Waals surface area contributed by atoms with Gasteiger partial charge in [0.05, 0.1) is 16.3 Å². The van der Waals surface area contributed by atoms with Gasteiger partial charge in [-0.05, 0) is 18.6 Å². The van der Waals surface area contributed by atoms with Gasteiger partial charge in [0.15, 0.2) is 0 Å². The summed E-state index contributed by atoms with van der Waals surface area (Å²) in [5.74, 6) is -1.04. The lowest BCUT2D eigenvalue weighted by Crippen LogP contribution is -2.22. The zero-order valence-corrected chi connectivity index (χ0v) is 11.2. The highest BCUT2D eigenvalue weighted by molar-refractivity contribution is 6.34. The minimum absolute atomic E-state index is 0.111. The predicted octanol–water partition coefficient (Wildman–Crippen LogP) is 2.09. The molecule has 5 nitrogen and oxygen atoms in total. The highest BCUT2D eigenvalue weighted by atomic mass is 35.5. The van der Waals surface area contributed by atoms with Crippen LogP contribution in [-0.2, 0) is 4.74 Å². The molecule has 0 aliphatic heterocycles. The van der Waals surface area contributed by atoms with Crippen LogP contribution in [0.15, 0.2) is 12.1 Å². The van der Waals surface area contributed by atoms with E-state index in [9.17, 15) is 4.79 Å². The molecule has 0 heterocycles. The normalized spacial score (nSPS) is 10.4. The van der Waals surface area contributed by atoms with Crippen LogP contribution in [0.1, 0.15) is 16.8 Å². The van der Waals surface area contributed by atoms with E-state index < -0.39 is 5.97 Å². The Balaban J connectivity index is 3.02. The van der Waals surface area contributed by atoms with Gasteiger partial charge in [-0.2, -0.15) is 0 Å². The summed E-state index contributed by atoms with van der Waals surface area (Å²) in [6.07, 6.45) is 0.784. The molecule has 3 N–H and O–H groups in total. The first-order valence-corrected chi connectivity index (χ1v) is 5.87. The molecule has 6 heteroatoms. The Morgan fingerprint density at radius 1 is 1.56 bits per heavy atom. The van der Waals surface area contributed by atoms with Crippen molar-refractivity contribution < 1.29 is 14.6 Å². The zero-order valence-electron chi connectivity index (χ0n) is 10.4. The van der Waals surface area contributed by atoms with Crippen LogP contribution in [0.5, 0.6) is 0 Å². The highest BCUT2D eigenvalue weighted by Crippen LogP contribution is 2.32. The molecule has 0 aliphatic rings. The lowest BCUT2D eigenvalue weighted by molar-refractivity contribution is 0.0697. The fourth-order valence-corrected chi connectivity index (χ4v) is 2.10. The molecule has 0 bridgehead atoms. The van der Waals surface area contributed by atoms with Crippen LogP contribution < -0.4 is 10.6 Å². The summed E-state index contributed by atoms with van der Waals surface area (Å²) in [5.41, 5.74) is 6.53. The van der Waals surface area contributed by atoms with E-state index in [-0.39, 0.29) is 5.56 Å². The summed E-state index contributed by atoms with van der Waals surface area (Å²) in [6.45, 7) is 1.26. The average Bonchev–Trinajstić information content (AvgIpc) is 2.27. The maximum absolute atomic E-state index is 11.2. The molecule has 0 aliphatic carbocycles. The molecule has 1 rings (SSSR count). The van der Waals surface area contributed by atoms with E-state index in [0.29, 0.717) is 29.5 Å². The number of carbonyl (C=O) groups is 1. The predicted molar refractivity (Wildman–Crippen MR) is 72.6 cm³/mol. The Morgan fingerprint density at radius 2 is 2.22 bits per heavy atom. The van der Waals surface area contributed by atoms with Crippen molar-refractivity contribution in [1.82, 2.24) is 0 Å². The number of hydrogen-bond acceptors (Lipinski definition) is 4. The summed E-state index contributed by atoms with van der Waals surface area (Å²) >= 11 is 6.07. The average molecular weight is 273 g/mol. The van der Waals surface area contributed by atoms with Gasteiger partial charge in [0.1, 0.15) is 0 Å². The van der Waals surface area contributed by atoms with Gasteiger partial charge in [-0.3, -0.25) is 0 Å². The lowest BCUT2D eigenvalue weighted by atomic mass is 10.1. The van der Waals surface area contributed by atoms with Crippen LogP contribution in [0.25, 0.3) is 0 Å². The molecule has 0 amide bonds. The van der Waals surface area contributed by atoms with Crippen molar-refractivity contribution in [3.8, 4) is 0 Å². The monoisotopic (exact) mass is 272 g/mol. The second-order valence-electron chi connectivity index (χ2n) is 3.97. The van der Waals surface area contributed by atoms with Crippen LogP contribution in [0, 0.1) is 0 Å². The SMILES string of the molecule is COCCCN(C)c1c(Cl)cc(N)cc1C(=O)O. The van der Waals surface area contributed by atoms with E-state index in [0.717, 1.165) is 6.42 Å². The number of rotatable bonds is 6. The van der Waals surface area contributed by atoms with Gasteiger partial charge in [-0.25, -0.2) is 4.79 Å². The van der Waals surface area contributed by atoms with Crippen molar-refractivity contribution in [3.63, 3.8) is 0 Å². The fraction of sp³-hybridized carbons (Fsp3) is 0.417. The Bertz CT molecular complexity index is 438. The summed E-state index contributed by atoms with van der Waals surface area (Å²) in [5, 5.41) is 9.51. The molecule has 1 aromatic rings. The molecule has 0 spiro atoms. The van der Waals surface area contributed by atoms with Crippen LogP contribution in [0.4, 0.5) is 11.4 Å². The van der Waals surface area contributed by atoms with E-state index in [2.05, 4.69) is 0 Å². The van der Waals surface area contributed by atoms with Gasteiger partial charge in [0.25, 0.3) is 0 Å². The van der Waals surface area contributed by atoms with E-state index >= 15 is 0 Å². The first kappa shape index (κ1) is 14.6. The molecule has 1 aromatic carbocycles. The molecular weight excluding hydrogens is 256 g/mol. The number of aromatic carboxylic acids is 1. The van der Waals surface area contributed by atoms with Crippen LogP contribution in [0.2, 0.25) is 5.02 Å². The molecule has 18 heavy (non-hydrogen) atoms. The van der Waals surface area contributed by atoms with Crippen LogP contribution in [0.3, 0.4) is 0 Å². The maximum Gasteiger partial charge on any atom is 0.337 e. The quantitative estimate of drug-likeness (QED) is 0.613. The number of benzene rings is 1. The van der Waals surface area contributed by atoms with Crippen molar-refractivity contribution in [1.29, 1.82) is 0 Å². The Labute approximate surface area is 111 Å². The summed E-state index contributed by atoms with van der Waals surface area (Å²) in [7, 11) is 3.42. The minimum Gasteiger partial charge on any atom is -0.478 e. The largest absolute Gasteiger partial charge is 0.478 e. The van der Waals surface area contributed by atoms with Gasteiger partial charge in [0.2, 0.25) is 0 Å². The number of nitrogen functional groups attached to an aromatic ring is 1. The molecule has 0 fully saturated rings. The van der Waals surface area contributed by atoms with Gasteiger partial charge >= 0.3 is 5.97 Å².